The van der Waals surface area contributed by atoms with Gasteiger partial charge in [0.25, 0.3) is 0 Å². The summed E-state index contributed by atoms with van der Waals surface area (Å²) in [6.07, 6.45) is 3.24. The standard InChI is InChI=1S/C11H10N2O2/c14-11(15)8-4-3-6-7-2-1-5-12-10(7)13-9(6)8/h1-2,5,8H,3-4H2,(H,12,13)(H,14,15). The van der Waals surface area contributed by atoms with Gasteiger partial charge in [-0.2, -0.15) is 0 Å². The van der Waals surface area contributed by atoms with Crippen molar-refractivity contribution in [2.24, 2.45) is 0 Å². The van der Waals surface area contributed by atoms with E-state index in [1.165, 1.54) is 0 Å². The maximum absolute atomic E-state index is 11.0. The van der Waals surface area contributed by atoms with E-state index < -0.39 is 5.97 Å². The highest BCUT2D eigenvalue weighted by atomic mass is 16.4. The maximum atomic E-state index is 11.0. The lowest BCUT2D eigenvalue weighted by Gasteiger charge is -2.01. The van der Waals surface area contributed by atoms with Crippen LogP contribution in [0, 0.1) is 0 Å². The largest absolute Gasteiger partial charge is 0.481 e. The van der Waals surface area contributed by atoms with Crippen molar-refractivity contribution in [3.05, 3.63) is 29.6 Å². The zero-order chi connectivity index (χ0) is 10.4. The Hall–Kier alpha value is -1.84. The molecule has 3 rings (SSSR count). The van der Waals surface area contributed by atoms with Crippen molar-refractivity contribution in [2.75, 3.05) is 0 Å². The number of nitrogens with one attached hydrogen (secondary N) is 1. The van der Waals surface area contributed by atoms with E-state index in [2.05, 4.69) is 9.97 Å². The van der Waals surface area contributed by atoms with Gasteiger partial charge < -0.3 is 10.1 Å². The highest BCUT2D eigenvalue weighted by Crippen LogP contribution is 2.36. The molecule has 0 saturated heterocycles. The molecule has 0 spiro atoms. The zero-order valence-corrected chi connectivity index (χ0v) is 8.03. The Balaban J connectivity index is 2.25. The molecule has 1 atom stereocenters. The molecule has 0 fully saturated rings. The SMILES string of the molecule is O=C(O)C1CCc2c1[nH]c1ncccc21. The minimum Gasteiger partial charge on any atom is -0.481 e. The molecule has 4 heteroatoms. The van der Waals surface area contributed by atoms with Crippen molar-refractivity contribution in [1.29, 1.82) is 0 Å². The molecule has 1 aliphatic carbocycles. The summed E-state index contributed by atoms with van der Waals surface area (Å²) < 4.78 is 0. The van der Waals surface area contributed by atoms with Crippen LogP contribution in [0.2, 0.25) is 0 Å². The number of carboxylic acid groups (broad SMARTS) is 1. The molecular formula is C11H10N2O2. The Labute approximate surface area is 86.0 Å². The summed E-state index contributed by atoms with van der Waals surface area (Å²) in [6, 6.07) is 3.87. The van der Waals surface area contributed by atoms with E-state index in [1.807, 2.05) is 12.1 Å². The van der Waals surface area contributed by atoms with Gasteiger partial charge in [0.15, 0.2) is 0 Å². The number of hydrogen-bond donors (Lipinski definition) is 2. The average Bonchev–Trinajstić information content (AvgIpc) is 2.74. The summed E-state index contributed by atoms with van der Waals surface area (Å²) in [4.78, 5) is 18.3. The van der Waals surface area contributed by atoms with Crippen molar-refractivity contribution >= 4 is 17.0 Å². The van der Waals surface area contributed by atoms with Crippen LogP contribution >= 0.6 is 0 Å². The number of rotatable bonds is 1. The van der Waals surface area contributed by atoms with Crippen molar-refractivity contribution in [3.63, 3.8) is 0 Å². The van der Waals surface area contributed by atoms with Crippen LogP contribution in [-0.2, 0) is 11.2 Å². The first-order chi connectivity index (χ1) is 7.27. The smallest absolute Gasteiger partial charge is 0.312 e. The predicted octanol–water partition coefficient (Wildman–Crippen LogP) is 1.68. The lowest BCUT2D eigenvalue weighted by molar-refractivity contribution is -0.138. The van der Waals surface area contributed by atoms with Gasteiger partial charge in [-0.1, -0.05) is 0 Å². The van der Waals surface area contributed by atoms with Gasteiger partial charge in [0.1, 0.15) is 5.65 Å². The number of aromatic amines is 1. The minimum absolute atomic E-state index is 0.380. The fourth-order valence-corrected chi connectivity index (χ4v) is 2.34. The number of H-pyrrole nitrogens is 1. The lowest BCUT2D eigenvalue weighted by Crippen LogP contribution is -2.08. The van der Waals surface area contributed by atoms with E-state index in [0.717, 1.165) is 28.7 Å². The first-order valence-corrected chi connectivity index (χ1v) is 4.95. The van der Waals surface area contributed by atoms with Crippen molar-refractivity contribution in [2.45, 2.75) is 18.8 Å². The second kappa shape index (κ2) is 2.82. The quantitative estimate of drug-likeness (QED) is 0.739. The first kappa shape index (κ1) is 8.47. The summed E-state index contributed by atoms with van der Waals surface area (Å²) in [5, 5.41) is 10.1. The molecule has 2 aromatic heterocycles. The molecule has 0 aliphatic heterocycles. The van der Waals surface area contributed by atoms with Gasteiger partial charge in [-0.3, -0.25) is 4.79 Å². The summed E-state index contributed by atoms with van der Waals surface area (Å²) in [5.74, 6) is -1.13. The lowest BCUT2D eigenvalue weighted by atomic mass is 10.1. The zero-order valence-electron chi connectivity index (χ0n) is 8.03. The van der Waals surface area contributed by atoms with E-state index in [1.54, 1.807) is 6.20 Å². The molecule has 0 radical (unpaired) electrons. The molecule has 0 aromatic carbocycles. The fourth-order valence-electron chi connectivity index (χ4n) is 2.34. The molecule has 15 heavy (non-hydrogen) atoms. The molecule has 4 nitrogen and oxygen atoms in total. The summed E-state index contributed by atoms with van der Waals surface area (Å²) in [5.41, 5.74) is 2.77. The van der Waals surface area contributed by atoms with E-state index in [0.29, 0.717) is 6.42 Å². The Morgan fingerprint density at radius 2 is 2.47 bits per heavy atom. The van der Waals surface area contributed by atoms with E-state index in [-0.39, 0.29) is 5.92 Å². The Morgan fingerprint density at radius 3 is 3.27 bits per heavy atom. The van der Waals surface area contributed by atoms with Crippen LogP contribution in [0.4, 0.5) is 0 Å². The molecule has 0 bridgehead atoms. The average molecular weight is 202 g/mol. The Bertz CT molecular complexity index is 545. The van der Waals surface area contributed by atoms with Crippen LogP contribution in [0.3, 0.4) is 0 Å². The third kappa shape index (κ3) is 1.08. The van der Waals surface area contributed by atoms with Gasteiger partial charge in [-0.25, -0.2) is 4.98 Å². The molecule has 2 heterocycles. The number of nitrogens with zero attached hydrogens (tertiary/aromatic N) is 1. The molecule has 76 valence electrons. The molecule has 2 aromatic rings. The molecule has 1 aliphatic rings. The molecular weight excluding hydrogens is 192 g/mol. The summed E-state index contributed by atoms with van der Waals surface area (Å²) in [7, 11) is 0. The van der Waals surface area contributed by atoms with Crippen LogP contribution in [0.25, 0.3) is 11.0 Å². The number of fused-ring (bicyclic) bond motifs is 3. The second-order valence-electron chi connectivity index (χ2n) is 3.85. The van der Waals surface area contributed by atoms with Crippen molar-refractivity contribution < 1.29 is 9.90 Å². The monoisotopic (exact) mass is 202 g/mol. The van der Waals surface area contributed by atoms with Gasteiger partial charge in [0.2, 0.25) is 0 Å². The number of carboxylic acids is 1. The van der Waals surface area contributed by atoms with Gasteiger partial charge >= 0.3 is 5.97 Å². The molecule has 1 unspecified atom stereocenters. The number of aryl methyl sites for hydroxylation is 1. The van der Waals surface area contributed by atoms with Crippen LogP contribution in [0.1, 0.15) is 23.6 Å². The maximum Gasteiger partial charge on any atom is 0.312 e. The number of carbonyl (C=O) groups is 1. The van der Waals surface area contributed by atoms with Crippen LogP contribution in [-0.4, -0.2) is 21.0 Å². The Kier molecular flexibility index (Phi) is 1.59. The van der Waals surface area contributed by atoms with Crippen molar-refractivity contribution in [3.8, 4) is 0 Å². The topological polar surface area (TPSA) is 66.0 Å². The third-order valence-corrected chi connectivity index (χ3v) is 3.04. The van der Waals surface area contributed by atoms with E-state index in [4.69, 9.17) is 5.11 Å². The summed E-state index contributed by atoms with van der Waals surface area (Å²) in [6.45, 7) is 0. The van der Waals surface area contributed by atoms with Gasteiger partial charge in [0, 0.05) is 17.3 Å². The number of aromatic nitrogens is 2. The number of pyridine rings is 1. The molecule has 2 N–H and O–H groups in total. The van der Waals surface area contributed by atoms with Gasteiger partial charge in [-0.15, -0.1) is 0 Å². The Morgan fingerprint density at radius 1 is 1.60 bits per heavy atom. The normalized spacial score (nSPS) is 19.3. The second-order valence-corrected chi connectivity index (χ2v) is 3.85. The molecule has 0 amide bonds. The van der Waals surface area contributed by atoms with E-state index in [9.17, 15) is 4.79 Å². The third-order valence-electron chi connectivity index (χ3n) is 3.04. The molecule has 0 saturated carbocycles. The van der Waals surface area contributed by atoms with Crippen LogP contribution < -0.4 is 0 Å². The van der Waals surface area contributed by atoms with Gasteiger partial charge in [0.05, 0.1) is 5.92 Å². The number of aliphatic carboxylic acids is 1. The minimum atomic E-state index is -0.750. The highest BCUT2D eigenvalue weighted by molar-refractivity contribution is 5.87. The van der Waals surface area contributed by atoms with E-state index >= 15 is 0 Å². The van der Waals surface area contributed by atoms with Crippen molar-refractivity contribution in [1.82, 2.24) is 9.97 Å². The first-order valence-electron chi connectivity index (χ1n) is 4.95. The summed E-state index contributed by atoms with van der Waals surface area (Å²) >= 11 is 0. The van der Waals surface area contributed by atoms with Gasteiger partial charge in [-0.05, 0) is 30.5 Å². The predicted molar refractivity (Wildman–Crippen MR) is 54.8 cm³/mol. The van der Waals surface area contributed by atoms with Crippen LogP contribution in [0.5, 0.6) is 0 Å². The fraction of sp³-hybridized carbons (Fsp3) is 0.273. The van der Waals surface area contributed by atoms with Crippen LogP contribution in [0.15, 0.2) is 18.3 Å². The highest BCUT2D eigenvalue weighted by Gasteiger charge is 2.31. The number of hydrogen-bond acceptors (Lipinski definition) is 2.